The minimum absolute atomic E-state index is 0.255. The summed E-state index contributed by atoms with van der Waals surface area (Å²) in [6.45, 7) is 8.07. The van der Waals surface area contributed by atoms with E-state index in [4.69, 9.17) is 33.2 Å². The smallest absolute Gasteiger partial charge is 0.229 e. The molecule has 0 saturated carbocycles. The van der Waals surface area contributed by atoms with Crippen LogP contribution < -0.4 is 15.1 Å². The van der Waals surface area contributed by atoms with Crippen LogP contribution in [0.4, 0.5) is 27.5 Å². The van der Waals surface area contributed by atoms with Gasteiger partial charge in [0.15, 0.2) is 0 Å². The highest BCUT2D eigenvalue weighted by Crippen LogP contribution is 2.38. The molecule has 0 spiro atoms. The zero-order valence-corrected chi connectivity index (χ0v) is 21.9. The van der Waals surface area contributed by atoms with Gasteiger partial charge in [0, 0.05) is 66.3 Å². The Morgan fingerprint density at radius 1 is 1.03 bits per heavy atom. The van der Waals surface area contributed by atoms with E-state index in [1.54, 1.807) is 12.3 Å². The van der Waals surface area contributed by atoms with Gasteiger partial charge in [0.25, 0.3) is 0 Å². The lowest BCUT2D eigenvalue weighted by Crippen LogP contribution is -2.46. The molecule has 10 heteroatoms. The van der Waals surface area contributed by atoms with Crippen molar-refractivity contribution in [1.29, 1.82) is 0 Å². The number of aliphatic imine (C=N–C) groups is 1. The first-order valence-corrected chi connectivity index (χ1v) is 13.2. The van der Waals surface area contributed by atoms with Gasteiger partial charge in [-0.3, -0.25) is 4.99 Å². The average Bonchev–Trinajstić information content (AvgIpc) is 3.39. The van der Waals surface area contributed by atoms with Crippen molar-refractivity contribution in [2.24, 2.45) is 4.99 Å². The predicted octanol–water partition coefficient (Wildman–Crippen LogP) is 5.58. The number of hydrogen-bond acceptors (Lipinski definition) is 7. The van der Waals surface area contributed by atoms with Gasteiger partial charge in [0.2, 0.25) is 5.95 Å². The lowest BCUT2D eigenvalue weighted by atomic mass is 9.98. The highest BCUT2D eigenvalue weighted by atomic mass is 35.5. The maximum absolute atomic E-state index is 15.0. The monoisotopic (exact) mass is 537 g/mol. The van der Waals surface area contributed by atoms with Crippen molar-refractivity contribution >= 4 is 63.8 Å². The summed E-state index contributed by atoms with van der Waals surface area (Å²) in [6, 6.07) is 10.7. The summed E-state index contributed by atoms with van der Waals surface area (Å²) in [5.74, 6) is 1.72. The van der Waals surface area contributed by atoms with Crippen LogP contribution in [0.3, 0.4) is 0 Å². The van der Waals surface area contributed by atoms with Crippen LogP contribution in [-0.2, 0) is 0 Å². The molecule has 2 aromatic carbocycles. The Morgan fingerprint density at radius 3 is 2.62 bits per heavy atom. The molecular weight excluding hydrogens is 512 g/mol. The molecule has 1 aromatic heterocycles. The van der Waals surface area contributed by atoms with E-state index in [2.05, 4.69) is 31.9 Å². The molecule has 0 amide bonds. The molecule has 4 heterocycles. The van der Waals surface area contributed by atoms with E-state index in [1.807, 2.05) is 30.3 Å². The number of fused-ring (bicyclic) bond motifs is 3. The first-order chi connectivity index (χ1) is 18.0. The quantitative estimate of drug-likeness (QED) is 0.458. The van der Waals surface area contributed by atoms with Crippen LogP contribution in [0.2, 0.25) is 10.0 Å². The molecule has 0 radical (unpaired) electrons. The summed E-state index contributed by atoms with van der Waals surface area (Å²) in [6.07, 6.45) is 3.77. The second-order valence-electron chi connectivity index (χ2n) is 9.22. The maximum atomic E-state index is 15.0. The average molecular weight is 538 g/mol. The Morgan fingerprint density at radius 2 is 1.86 bits per heavy atom. The number of aromatic nitrogens is 2. The molecule has 6 rings (SSSR count). The number of halogens is 3. The number of anilines is 4. The molecule has 37 heavy (non-hydrogen) atoms. The van der Waals surface area contributed by atoms with Gasteiger partial charge in [-0.15, -0.1) is 0 Å². The lowest BCUT2D eigenvalue weighted by molar-refractivity contribution is 0.270. The fourth-order valence-corrected chi connectivity index (χ4v) is 5.56. The number of rotatable bonds is 5. The van der Waals surface area contributed by atoms with Crippen molar-refractivity contribution in [2.75, 3.05) is 60.9 Å². The number of nitrogens with one attached hydrogen (secondary N) is 1. The molecule has 0 atom stereocenters. The number of likely N-dealkylation sites (N-methyl/N-ethyl adjacent to an activating group) is 1. The third kappa shape index (κ3) is 4.65. The third-order valence-corrected chi connectivity index (χ3v) is 7.57. The standard InChI is InChI=1S/C27H26Cl2FN7/c1-2-35-9-11-36(12-10-35)24-6-4-19(15-23(24)30)33-27-32-16-17-13-21(20-5-3-18(28)14-22(20)29)26-31-7-8-37(26)25(17)34-27/h3-6,13-16H,2,7-12H2,1H3,(H,32,33,34). The zero-order chi connectivity index (χ0) is 25.5. The molecule has 3 aliphatic rings. The Bertz CT molecular complexity index is 1420. The van der Waals surface area contributed by atoms with E-state index in [0.717, 1.165) is 61.1 Å². The van der Waals surface area contributed by atoms with Crippen LogP contribution in [0.5, 0.6) is 0 Å². The van der Waals surface area contributed by atoms with Crippen LogP contribution in [0, 0.1) is 5.82 Å². The van der Waals surface area contributed by atoms with E-state index >= 15 is 4.39 Å². The van der Waals surface area contributed by atoms with Gasteiger partial charge >= 0.3 is 0 Å². The van der Waals surface area contributed by atoms with Crippen molar-refractivity contribution in [3.05, 3.63) is 69.6 Å². The number of amidine groups is 1. The third-order valence-electron chi connectivity index (χ3n) is 7.02. The second-order valence-corrected chi connectivity index (χ2v) is 10.1. The van der Waals surface area contributed by atoms with Crippen LogP contribution in [0.1, 0.15) is 18.1 Å². The van der Waals surface area contributed by atoms with E-state index in [9.17, 15) is 0 Å². The number of hydrogen-bond donors (Lipinski definition) is 1. The number of benzene rings is 2. The second kappa shape index (κ2) is 9.93. The van der Waals surface area contributed by atoms with Crippen LogP contribution in [-0.4, -0.2) is 66.5 Å². The molecule has 0 unspecified atom stereocenters. The molecular formula is C27H26Cl2FN7. The van der Waals surface area contributed by atoms with E-state index in [-0.39, 0.29) is 5.82 Å². The molecule has 7 nitrogen and oxygen atoms in total. The molecule has 3 aromatic rings. The van der Waals surface area contributed by atoms with Crippen molar-refractivity contribution in [1.82, 2.24) is 14.9 Å². The zero-order valence-electron chi connectivity index (χ0n) is 20.4. The predicted molar refractivity (Wildman–Crippen MR) is 150 cm³/mol. The molecule has 0 aliphatic carbocycles. The van der Waals surface area contributed by atoms with Gasteiger partial charge in [-0.1, -0.05) is 36.2 Å². The highest BCUT2D eigenvalue weighted by molar-refractivity contribution is 6.41. The molecule has 190 valence electrons. The largest absolute Gasteiger partial charge is 0.367 e. The van der Waals surface area contributed by atoms with Crippen molar-refractivity contribution < 1.29 is 4.39 Å². The summed E-state index contributed by atoms with van der Waals surface area (Å²) >= 11 is 12.6. The van der Waals surface area contributed by atoms with Crippen LogP contribution in [0.15, 0.2) is 47.6 Å². The normalized spacial score (nSPS) is 17.3. The van der Waals surface area contributed by atoms with E-state index in [0.29, 0.717) is 40.5 Å². The van der Waals surface area contributed by atoms with E-state index < -0.39 is 0 Å². The molecule has 3 aliphatic heterocycles. The topological polar surface area (TPSA) is 59.9 Å². The van der Waals surface area contributed by atoms with Crippen LogP contribution in [0.25, 0.3) is 11.6 Å². The molecule has 1 N–H and O–H groups in total. The fraction of sp³-hybridized carbons (Fsp3) is 0.296. The SMILES string of the molecule is CCN1CCN(c2ccc(Nc3ncc4c(n3)N3CCN=C3C(c3ccc(Cl)cc3Cl)=C4)cc2F)CC1. The Balaban J connectivity index is 1.25. The highest BCUT2D eigenvalue weighted by Gasteiger charge is 2.31. The fourth-order valence-electron chi connectivity index (χ4n) is 5.05. The van der Waals surface area contributed by atoms with Gasteiger partial charge in [-0.05, 0) is 43.0 Å². The first-order valence-electron chi connectivity index (χ1n) is 12.4. The van der Waals surface area contributed by atoms with Gasteiger partial charge in [0.05, 0.1) is 17.3 Å². The molecule has 0 bridgehead atoms. The van der Waals surface area contributed by atoms with Crippen molar-refractivity contribution in [3.63, 3.8) is 0 Å². The van der Waals surface area contributed by atoms with E-state index in [1.165, 1.54) is 6.07 Å². The van der Waals surface area contributed by atoms with Crippen LogP contribution >= 0.6 is 23.2 Å². The summed E-state index contributed by atoms with van der Waals surface area (Å²) in [5.41, 5.74) is 3.86. The molecule has 1 fully saturated rings. The number of nitrogens with zero attached hydrogens (tertiary/aromatic N) is 6. The Kier molecular flexibility index (Phi) is 6.48. The minimum atomic E-state index is -0.255. The van der Waals surface area contributed by atoms with Gasteiger partial charge in [0.1, 0.15) is 17.5 Å². The van der Waals surface area contributed by atoms with Gasteiger partial charge in [-0.2, -0.15) is 4.98 Å². The summed E-state index contributed by atoms with van der Waals surface area (Å²) in [4.78, 5) is 20.5. The summed E-state index contributed by atoms with van der Waals surface area (Å²) in [5, 5.41) is 4.31. The maximum Gasteiger partial charge on any atom is 0.229 e. The Labute approximate surface area is 225 Å². The van der Waals surface area contributed by atoms with Crippen molar-refractivity contribution in [3.8, 4) is 0 Å². The van der Waals surface area contributed by atoms with Gasteiger partial charge < -0.3 is 20.0 Å². The molecule has 1 saturated heterocycles. The Hall–Kier alpha value is -3.20. The summed E-state index contributed by atoms with van der Waals surface area (Å²) in [7, 11) is 0. The summed E-state index contributed by atoms with van der Waals surface area (Å²) < 4.78 is 15.0. The minimum Gasteiger partial charge on any atom is -0.367 e. The number of piperazine rings is 1. The van der Waals surface area contributed by atoms with Crippen molar-refractivity contribution in [2.45, 2.75) is 6.92 Å². The lowest BCUT2D eigenvalue weighted by Gasteiger charge is -2.35. The first kappa shape index (κ1) is 24.2. The van der Waals surface area contributed by atoms with Gasteiger partial charge in [-0.25, -0.2) is 9.37 Å².